The highest BCUT2D eigenvalue weighted by Crippen LogP contribution is 2.34. The first kappa shape index (κ1) is 15.0. The summed E-state index contributed by atoms with van der Waals surface area (Å²) >= 11 is 3.11. The summed E-state index contributed by atoms with van der Waals surface area (Å²) in [6, 6.07) is 2.28. The van der Waals surface area contributed by atoms with E-state index in [9.17, 15) is 18.0 Å². The molecule has 0 bridgehead atoms. The van der Waals surface area contributed by atoms with Gasteiger partial charge in [0.1, 0.15) is 0 Å². The van der Waals surface area contributed by atoms with Crippen molar-refractivity contribution in [2.45, 2.75) is 18.6 Å². The maximum atomic E-state index is 12.5. The first-order valence-electron chi connectivity index (χ1n) is 4.94. The number of hydrogen-bond acceptors (Lipinski definition) is 3. The average molecular weight is 326 g/mol. The summed E-state index contributed by atoms with van der Waals surface area (Å²) in [6.45, 7) is 0. The molecular weight excluding hydrogens is 315 g/mol. The highest BCUT2D eigenvalue weighted by Gasteiger charge is 2.31. The largest absolute Gasteiger partial charge is 0.469 e. The van der Waals surface area contributed by atoms with Crippen molar-refractivity contribution in [1.29, 1.82) is 0 Å². The molecule has 2 N–H and O–H groups in total. The number of alkyl halides is 3. The minimum absolute atomic E-state index is 0.184. The van der Waals surface area contributed by atoms with Crippen LogP contribution in [-0.4, -0.2) is 13.1 Å². The van der Waals surface area contributed by atoms with Gasteiger partial charge in [0, 0.05) is 10.5 Å². The van der Waals surface area contributed by atoms with E-state index in [-0.39, 0.29) is 12.0 Å². The summed E-state index contributed by atoms with van der Waals surface area (Å²) in [6.07, 6.45) is -4.63. The number of hydrogen-bond donors (Lipinski definition) is 1. The molecule has 1 aromatic rings. The van der Waals surface area contributed by atoms with Gasteiger partial charge in [-0.25, -0.2) is 0 Å². The van der Waals surface area contributed by atoms with Gasteiger partial charge < -0.3 is 10.5 Å². The fourth-order valence-electron chi connectivity index (χ4n) is 1.38. The van der Waals surface area contributed by atoms with Gasteiger partial charge in [0.15, 0.2) is 0 Å². The Morgan fingerprint density at radius 1 is 1.50 bits per heavy atom. The van der Waals surface area contributed by atoms with Crippen LogP contribution in [0.1, 0.15) is 23.6 Å². The van der Waals surface area contributed by atoms with Crippen molar-refractivity contribution in [3.8, 4) is 0 Å². The van der Waals surface area contributed by atoms with E-state index < -0.39 is 23.8 Å². The number of esters is 1. The topological polar surface area (TPSA) is 52.3 Å². The molecule has 0 heterocycles. The molecule has 0 aliphatic carbocycles. The number of rotatable bonds is 3. The van der Waals surface area contributed by atoms with Crippen molar-refractivity contribution in [3.05, 3.63) is 33.8 Å². The van der Waals surface area contributed by atoms with E-state index in [0.717, 1.165) is 12.1 Å². The Bertz CT molecular complexity index is 448. The van der Waals surface area contributed by atoms with Gasteiger partial charge in [-0.1, -0.05) is 15.9 Å². The molecule has 0 saturated heterocycles. The first-order valence-corrected chi connectivity index (χ1v) is 5.74. The minimum atomic E-state index is -4.44. The Kier molecular flexibility index (Phi) is 4.75. The SMILES string of the molecule is COC(=O)C[C@@H](N)c1cc(C(F)(F)F)ccc1Br. The quantitative estimate of drug-likeness (QED) is 0.869. The molecule has 0 saturated carbocycles. The highest BCUT2D eigenvalue weighted by atomic mass is 79.9. The molecule has 100 valence electrons. The lowest BCUT2D eigenvalue weighted by molar-refractivity contribution is -0.141. The van der Waals surface area contributed by atoms with Gasteiger partial charge in [-0.15, -0.1) is 0 Å². The lowest BCUT2D eigenvalue weighted by Crippen LogP contribution is -2.18. The number of benzene rings is 1. The van der Waals surface area contributed by atoms with Gasteiger partial charge >= 0.3 is 12.1 Å². The molecule has 7 heteroatoms. The van der Waals surface area contributed by atoms with E-state index in [1.165, 1.54) is 13.2 Å². The monoisotopic (exact) mass is 325 g/mol. The van der Waals surface area contributed by atoms with Gasteiger partial charge in [0.2, 0.25) is 0 Å². The lowest BCUT2D eigenvalue weighted by atomic mass is 10.0. The summed E-state index contributed by atoms with van der Waals surface area (Å²) in [5, 5.41) is 0. The summed E-state index contributed by atoms with van der Waals surface area (Å²) < 4.78 is 42.5. The molecule has 0 fully saturated rings. The number of halogens is 4. The zero-order valence-corrected chi connectivity index (χ0v) is 11.0. The van der Waals surface area contributed by atoms with Crippen LogP contribution in [0.25, 0.3) is 0 Å². The molecule has 0 aromatic heterocycles. The number of carbonyl (C=O) groups excluding carboxylic acids is 1. The van der Waals surface area contributed by atoms with E-state index in [0.29, 0.717) is 4.47 Å². The second kappa shape index (κ2) is 5.71. The number of nitrogens with two attached hydrogens (primary N) is 1. The zero-order valence-electron chi connectivity index (χ0n) is 9.42. The van der Waals surface area contributed by atoms with Crippen LogP contribution in [0.3, 0.4) is 0 Å². The average Bonchev–Trinajstić information content (AvgIpc) is 2.27. The fraction of sp³-hybridized carbons (Fsp3) is 0.364. The summed E-state index contributed by atoms with van der Waals surface area (Å²) in [7, 11) is 1.19. The van der Waals surface area contributed by atoms with Crippen molar-refractivity contribution in [3.63, 3.8) is 0 Å². The van der Waals surface area contributed by atoms with E-state index >= 15 is 0 Å². The predicted molar refractivity (Wildman–Crippen MR) is 62.7 cm³/mol. The van der Waals surface area contributed by atoms with Crippen LogP contribution in [-0.2, 0) is 15.7 Å². The van der Waals surface area contributed by atoms with Crippen LogP contribution in [0.15, 0.2) is 22.7 Å². The molecule has 0 aliphatic heterocycles. The van der Waals surface area contributed by atoms with Crippen LogP contribution in [0.2, 0.25) is 0 Å². The van der Waals surface area contributed by atoms with Gasteiger partial charge in [-0.3, -0.25) is 4.79 Å². The third-order valence-electron chi connectivity index (χ3n) is 2.34. The summed E-state index contributed by atoms with van der Waals surface area (Å²) in [4.78, 5) is 11.0. The zero-order chi connectivity index (χ0) is 13.9. The third-order valence-corrected chi connectivity index (χ3v) is 3.06. The van der Waals surface area contributed by atoms with Crippen molar-refractivity contribution in [1.82, 2.24) is 0 Å². The number of carbonyl (C=O) groups is 1. The normalized spacial score (nSPS) is 13.2. The van der Waals surface area contributed by atoms with Crippen molar-refractivity contribution in [2.75, 3.05) is 7.11 Å². The fourth-order valence-corrected chi connectivity index (χ4v) is 1.92. The third kappa shape index (κ3) is 3.71. The second-order valence-corrected chi connectivity index (χ2v) is 4.48. The van der Waals surface area contributed by atoms with Crippen molar-refractivity contribution in [2.24, 2.45) is 5.73 Å². The van der Waals surface area contributed by atoms with Gasteiger partial charge in [-0.05, 0) is 23.8 Å². The van der Waals surface area contributed by atoms with E-state index in [4.69, 9.17) is 5.73 Å². The molecule has 1 rings (SSSR count). The highest BCUT2D eigenvalue weighted by molar-refractivity contribution is 9.10. The Labute approximate surface area is 110 Å². The van der Waals surface area contributed by atoms with E-state index in [2.05, 4.69) is 20.7 Å². The molecule has 0 aliphatic rings. The molecular formula is C11H11BrF3NO2. The van der Waals surface area contributed by atoms with Crippen LogP contribution in [0, 0.1) is 0 Å². The number of methoxy groups -OCH3 is 1. The van der Waals surface area contributed by atoms with E-state index in [1.54, 1.807) is 0 Å². The Morgan fingerprint density at radius 2 is 2.11 bits per heavy atom. The van der Waals surface area contributed by atoms with Gasteiger partial charge in [0.25, 0.3) is 0 Å². The molecule has 3 nitrogen and oxygen atoms in total. The Morgan fingerprint density at radius 3 is 2.61 bits per heavy atom. The minimum Gasteiger partial charge on any atom is -0.469 e. The molecule has 1 aromatic carbocycles. The molecule has 0 radical (unpaired) electrons. The first-order chi connectivity index (χ1) is 8.25. The van der Waals surface area contributed by atoms with E-state index in [1.807, 2.05) is 0 Å². The summed E-state index contributed by atoms with van der Waals surface area (Å²) in [5.41, 5.74) is 5.10. The smallest absolute Gasteiger partial charge is 0.416 e. The summed E-state index contributed by atoms with van der Waals surface area (Å²) in [5.74, 6) is -0.577. The standard InChI is InChI=1S/C11H11BrF3NO2/c1-18-10(17)5-9(16)7-4-6(11(13,14)15)2-3-8(7)12/h2-4,9H,5,16H2,1H3/t9-/m1/s1. The van der Waals surface area contributed by atoms with Crippen LogP contribution >= 0.6 is 15.9 Å². The van der Waals surface area contributed by atoms with Crippen molar-refractivity contribution >= 4 is 21.9 Å². The van der Waals surface area contributed by atoms with Crippen LogP contribution in [0.4, 0.5) is 13.2 Å². The second-order valence-electron chi connectivity index (χ2n) is 3.62. The molecule has 18 heavy (non-hydrogen) atoms. The Hall–Kier alpha value is -1.08. The van der Waals surface area contributed by atoms with Gasteiger partial charge in [0.05, 0.1) is 19.1 Å². The number of ether oxygens (including phenoxy) is 1. The molecule has 0 unspecified atom stereocenters. The van der Waals surface area contributed by atoms with Crippen molar-refractivity contribution < 1.29 is 22.7 Å². The molecule has 0 spiro atoms. The van der Waals surface area contributed by atoms with Crippen LogP contribution < -0.4 is 5.73 Å². The van der Waals surface area contributed by atoms with Crippen LogP contribution in [0.5, 0.6) is 0 Å². The maximum Gasteiger partial charge on any atom is 0.416 e. The molecule has 1 atom stereocenters. The Balaban J connectivity index is 3.04. The maximum absolute atomic E-state index is 12.5. The molecule has 0 amide bonds. The predicted octanol–water partition coefficient (Wildman–Crippen LogP) is 3.03. The van der Waals surface area contributed by atoms with Gasteiger partial charge in [-0.2, -0.15) is 13.2 Å². The lowest BCUT2D eigenvalue weighted by Gasteiger charge is -2.15.